The van der Waals surface area contributed by atoms with Crippen molar-refractivity contribution in [2.75, 3.05) is 12.3 Å². The molecule has 0 spiro atoms. The molecule has 14 heavy (non-hydrogen) atoms. The van der Waals surface area contributed by atoms with E-state index in [0.717, 1.165) is 18.4 Å². The number of hydrogen-bond acceptors (Lipinski definition) is 2. The highest BCUT2D eigenvalue weighted by Crippen LogP contribution is 2.27. The second kappa shape index (κ2) is 4.56. The lowest BCUT2D eigenvalue weighted by molar-refractivity contribution is 0.326. The van der Waals surface area contributed by atoms with Gasteiger partial charge in [0.1, 0.15) is 0 Å². The van der Waals surface area contributed by atoms with Gasteiger partial charge in [0.25, 0.3) is 0 Å². The summed E-state index contributed by atoms with van der Waals surface area (Å²) in [6.07, 6.45) is 4.22. The predicted octanol–water partition coefficient (Wildman–Crippen LogP) is 2.50. The summed E-state index contributed by atoms with van der Waals surface area (Å²) in [6, 6.07) is 0.639. The van der Waals surface area contributed by atoms with Gasteiger partial charge in [0.15, 0.2) is 5.17 Å². The minimum Gasteiger partial charge on any atom is -0.361 e. The quantitative estimate of drug-likeness (QED) is 0.777. The number of nitrogens with zero attached hydrogens (tertiary/aromatic N) is 1. The van der Waals surface area contributed by atoms with E-state index in [2.05, 4.69) is 24.2 Å². The van der Waals surface area contributed by atoms with Crippen LogP contribution in [0.3, 0.4) is 0 Å². The molecular formula is C11H20N2S. The Labute approximate surface area is 90.9 Å². The summed E-state index contributed by atoms with van der Waals surface area (Å²) >= 11 is 1.89. The van der Waals surface area contributed by atoms with Gasteiger partial charge in [-0.3, -0.25) is 4.99 Å². The summed E-state index contributed by atoms with van der Waals surface area (Å²) in [7, 11) is 0. The molecule has 1 atom stereocenters. The minimum absolute atomic E-state index is 0.639. The van der Waals surface area contributed by atoms with Crippen LogP contribution in [0.1, 0.15) is 33.1 Å². The maximum absolute atomic E-state index is 4.65. The van der Waals surface area contributed by atoms with Gasteiger partial charge < -0.3 is 5.32 Å². The maximum Gasteiger partial charge on any atom is 0.156 e. The highest BCUT2D eigenvalue weighted by Gasteiger charge is 2.23. The molecule has 2 rings (SSSR count). The van der Waals surface area contributed by atoms with Crippen LogP contribution in [0.5, 0.6) is 0 Å². The number of aliphatic imine (C=N–C) groups is 1. The van der Waals surface area contributed by atoms with Crippen molar-refractivity contribution in [3.63, 3.8) is 0 Å². The molecule has 1 saturated heterocycles. The Kier molecular flexibility index (Phi) is 3.37. The van der Waals surface area contributed by atoms with Gasteiger partial charge >= 0.3 is 0 Å². The average molecular weight is 212 g/mol. The van der Waals surface area contributed by atoms with Crippen molar-refractivity contribution >= 4 is 16.9 Å². The molecule has 0 aromatic heterocycles. The van der Waals surface area contributed by atoms with Crippen LogP contribution >= 0.6 is 11.8 Å². The first-order valence-electron chi connectivity index (χ1n) is 5.69. The molecule has 2 fully saturated rings. The van der Waals surface area contributed by atoms with Gasteiger partial charge in [0.05, 0.1) is 0 Å². The van der Waals surface area contributed by atoms with Crippen molar-refractivity contribution in [3.8, 4) is 0 Å². The fourth-order valence-corrected chi connectivity index (χ4v) is 2.95. The normalized spacial score (nSPS) is 30.8. The lowest BCUT2D eigenvalue weighted by atomic mass is 9.86. The summed E-state index contributed by atoms with van der Waals surface area (Å²) < 4.78 is 0. The molecule has 1 aliphatic heterocycles. The fourth-order valence-electron chi connectivity index (χ4n) is 1.75. The molecule has 0 aromatic rings. The minimum atomic E-state index is 0.639. The van der Waals surface area contributed by atoms with Crippen molar-refractivity contribution in [1.29, 1.82) is 0 Å². The predicted molar refractivity (Wildman–Crippen MR) is 63.9 cm³/mol. The Bertz CT molecular complexity index is 221. The maximum atomic E-state index is 4.65. The number of amidine groups is 1. The standard InChI is InChI=1S/C11H20N2S/c1-8(2)10-7-14-11(13-10)12-6-9-4-3-5-9/h8-10H,3-7H2,1-2H3,(H,12,13). The molecule has 0 bridgehead atoms. The third kappa shape index (κ3) is 2.44. The van der Waals surface area contributed by atoms with Crippen LogP contribution in [0, 0.1) is 11.8 Å². The molecule has 0 radical (unpaired) electrons. The molecule has 3 heteroatoms. The van der Waals surface area contributed by atoms with Gasteiger partial charge in [0, 0.05) is 18.3 Å². The summed E-state index contributed by atoms with van der Waals surface area (Å²) in [6.45, 7) is 5.60. The molecule has 1 saturated carbocycles. The van der Waals surface area contributed by atoms with Crippen LogP contribution in [0.4, 0.5) is 0 Å². The van der Waals surface area contributed by atoms with E-state index in [1.165, 1.54) is 30.2 Å². The third-order valence-electron chi connectivity index (χ3n) is 3.23. The smallest absolute Gasteiger partial charge is 0.156 e. The number of hydrogen-bond donors (Lipinski definition) is 1. The lowest BCUT2D eigenvalue weighted by Crippen LogP contribution is -2.32. The van der Waals surface area contributed by atoms with Crippen LogP contribution < -0.4 is 5.32 Å². The number of rotatable bonds is 3. The first-order valence-corrected chi connectivity index (χ1v) is 6.68. The van der Waals surface area contributed by atoms with Crippen LogP contribution in [-0.4, -0.2) is 23.5 Å². The van der Waals surface area contributed by atoms with E-state index in [1.807, 2.05) is 11.8 Å². The van der Waals surface area contributed by atoms with E-state index >= 15 is 0 Å². The Morgan fingerprint density at radius 3 is 2.79 bits per heavy atom. The topological polar surface area (TPSA) is 24.4 Å². The Balaban J connectivity index is 1.76. The first-order chi connectivity index (χ1) is 6.75. The fraction of sp³-hybridized carbons (Fsp3) is 0.909. The summed E-state index contributed by atoms with van der Waals surface area (Å²) in [4.78, 5) is 4.65. The van der Waals surface area contributed by atoms with E-state index < -0.39 is 0 Å². The second-order valence-corrected chi connectivity index (χ2v) is 5.76. The van der Waals surface area contributed by atoms with E-state index in [1.54, 1.807) is 0 Å². The Morgan fingerprint density at radius 2 is 2.29 bits per heavy atom. The highest BCUT2D eigenvalue weighted by molar-refractivity contribution is 8.14. The first kappa shape index (κ1) is 10.3. The lowest BCUT2D eigenvalue weighted by Gasteiger charge is -2.23. The van der Waals surface area contributed by atoms with E-state index in [0.29, 0.717) is 6.04 Å². The largest absolute Gasteiger partial charge is 0.361 e. The van der Waals surface area contributed by atoms with Crippen molar-refractivity contribution in [1.82, 2.24) is 5.32 Å². The van der Waals surface area contributed by atoms with Gasteiger partial charge in [0.2, 0.25) is 0 Å². The molecule has 1 heterocycles. The molecule has 1 aliphatic carbocycles. The molecule has 1 unspecified atom stereocenters. The SMILES string of the molecule is CC(C)C1CSC(=NCC2CCC2)N1. The van der Waals surface area contributed by atoms with E-state index in [9.17, 15) is 0 Å². The van der Waals surface area contributed by atoms with E-state index in [-0.39, 0.29) is 0 Å². The van der Waals surface area contributed by atoms with Gasteiger partial charge in [-0.05, 0) is 24.7 Å². The molecule has 1 N–H and O–H groups in total. The number of thioether (sulfide) groups is 1. The average Bonchev–Trinajstić information content (AvgIpc) is 2.50. The third-order valence-corrected chi connectivity index (χ3v) is 4.28. The van der Waals surface area contributed by atoms with Gasteiger partial charge in [-0.1, -0.05) is 32.0 Å². The molecule has 0 amide bonds. The monoisotopic (exact) mass is 212 g/mol. The molecule has 80 valence electrons. The zero-order chi connectivity index (χ0) is 9.97. The zero-order valence-corrected chi connectivity index (χ0v) is 9.94. The summed E-state index contributed by atoms with van der Waals surface area (Å²) in [5.74, 6) is 2.81. The van der Waals surface area contributed by atoms with Crippen molar-refractivity contribution < 1.29 is 0 Å². The van der Waals surface area contributed by atoms with Crippen molar-refractivity contribution in [2.24, 2.45) is 16.8 Å². The van der Waals surface area contributed by atoms with Gasteiger partial charge in [-0.25, -0.2) is 0 Å². The zero-order valence-electron chi connectivity index (χ0n) is 9.12. The van der Waals surface area contributed by atoms with Gasteiger partial charge in [-0.2, -0.15) is 0 Å². The Morgan fingerprint density at radius 1 is 1.50 bits per heavy atom. The summed E-state index contributed by atoms with van der Waals surface area (Å²) in [5, 5.41) is 4.70. The van der Waals surface area contributed by atoms with E-state index in [4.69, 9.17) is 0 Å². The van der Waals surface area contributed by atoms with Crippen LogP contribution in [-0.2, 0) is 0 Å². The molecule has 0 aromatic carbocycles. The van der Waals surface area contributed by atoms with Crippen LogP contribution in [0.15, 0.2) is 4.99 Å². The number of nitrogens with one attached hydrogen (secondary N) is 1. The molecule has 2 aliphatic rings. The van der Waals surface area contributed by atoms with Crippen molar-refractivity contribution in [2.45, 2.75) is 39.2 Å². The summed E-state index contributed by atoms with van der Waals surface area (Å²) in [5.41, 5.74) is 0. The Hall–Kier alpha value is -0.180. The highest BCUT2D eigenvalue weighted by atomic mass is 32.2. The van der Waals surface area contributed by atoms with Gasteiger partial charge in [-0.15, -0.1) is 0 Å². The van der Waals surface area contributed by atoms with Crippen LogP contribution in [0.25, 0.3) is 0 Å². The molecule has 2 nitrogen and oxygen atoms in total. The van der Waals surface area contributed by atoms with Crippen LogP contribution in [0.2, 0.25) is 0 Å². The molecular weight excluding hydrogens is 192 g/mol. The second-order valence-electron chi connectivity index (χ2n) is 4.75. The van der Waals surface area contributed by atoms with Crippen molar-refractivity contribution in [3.05, 3.63) is 0 Å².